The van der Waals surface area contributed by atoms with Crippen molar-refractivity contribution >= 4 is 23.2 Å². The molecule has 90 valence electrons. The molecule has 1 aromatic rings. The smallest absolute Gasteiger partial charge is 0.0627 e. The normalized spacial score (nSPS) is 14.8. The highest BCUT2D eigenvalue weighted by atomic mass is 35.5. The van der Waals surface area contributed by atoms with Gasteiger partial charge in [-0.2, -0.15) is 0 Å². The standard InChI is InChI=1S/C13H19Cl2N/c1-4-12(16-5-2)9(3)10-7-6-8-11(14)13(10)15/h6-9,12,16H,4-5H2,1-3H3. The zero-order chi connectivity index (χ0) is 12.1. The van der Waals surface area contributed by atoms with Crippen LogP contribution in [0, 0.1) is 0 Å². The summed E-state index contributed by atoms with van der Waals surface area (Å²) >= 11 is 12.3. The van der Waals surface area contributed by atoms with Gasteiger partial charge in [-0.3, -0.25) is 0 Å². The Hall–Kier alpha value is -0.240. The van der Waals surface area contributed by atoms with E-state index >= 15 is 0 Å². The zero-order valence-electron chi connectivity index (χ0n) is 10.1. The van der Waals surface area contributed by atoms with Crippen molar-refractivity contribution in [3.8, 4) is 0 Å². The van der Waals surface area contributed by atoms with Gasteiger partial charge in [0.05, 0.1) is 10.0 Å². The van der Waals surface area contributed by atoms with Crippen LogP contribution >= 0.6 is 23.2 Å². The van der Waals surface area contributed by atoms with Crippen LogP contribution in [-0.2, 0) is 0 Å². The topological polar surface area (TPSA) is 12.0 Å². The summed E-state index contributed by atoms with van der Waals surface area (Å²) in [6, 6.07) is 6.28. The zero-order valence-corrected chi connectivity index (χ0v) is 11.6. The molecule has 1 rings (SSSR count). The number of rotatable bonds is 5. The molecule has 2 unspecified atom stereocenters. The summed E-state index contributed by atoms with van der Waals surface area (Å²) in [4.78, 5) is 0. The lowest BCUT2D eigenvalue weighted by Gasteiger charge is -2.25. The van der Waals surface area contributed by atoms with Crippen molar-refractivity contribution in [3.05, 3.63) is 33.8 Å². The maximum absolute atomic E-state index is 6.23. The van der Waals surface area contributed by atoms with Crippen LogP contribution in [0.1, 0.15) is 38.7 Å². The average Bonchev–Trinajstić information content (AvgIpc) is 2.29. The summed E-state index contributed by atoms with van der Waals surface area (Å²) in [5.41, 5.74) is 1.13. The molecule has 0 aliphatic rings. The second kappa shape index (κ2) is 6.48. The lowest BCUT2D eigenvalue weighted by molar-refractivity contribution is 0.449. The molecule has 3 heteroatoms. The Morgan fingerprint density at radius 2 is 1.94 bits per heavy atom. The third kappa shape index (κ3) is 3.13. The molecule has 0 saturated carbocycles. The molecule has 0 saturated heterocycles. The van der Waals surface area contributed by atoms with E-state index in [1.54, 1.807) is 0 Å². The van der Waals surface area contributed by atoms with E-state index < -0.39 is 0 Å². The number of likely N-dealkylation sites (N-methyl/N-ethyl adjacent to an activating group) is 1. The minimum Gasteiger partial charge on any atom is -0.314 e. The predicted octanol–water partition coefficient (Wildman–Crippen LogP) is 4.49. The van der Waals surface area contributed by atoms with Crippen LogP contribution in [0.4, 0.5) is 0 Å². The Kier molecular flexibility index (Phi) is 5.60. The van der Waals surface area contributed by atoms with E-state index in [4.69, 9.17) is 23.2 Å². The molecule has 0 aromatic heterocycles. The van der Waals surface area contributed by atoms with Crippen LogP contribution in [0.15, 0.2) is 18.2 Å². The van der Waals surface area contributed by atoms with E-state index in [0.717, 1.165) is 18.5 Å². The van der Waals surface area contributed by atoms with Gasteiger partial charge in [0.2, 0.25) is 0 Å². The van der Waals surface area contributed by atoms with Crippen molar-refractivity contribution in [2.24, 2.45) is 0 Å². The van der Waals surface area contributed by atoms with Crippen LogP contribution in [0.25, 0.3) is 0 Å². The fourth-order valence-electron chi connectivity index (χ4n) is 2.03. The summed E-state index contributed by atoms with van der Waals surface area (Å²) in [6.45, 7) is 7.46. The van der Waals surface area contributed by atoms with Crippen LogP contribution in [0.5, 0.6) is 0 Å². The quantitative estimate of drug-likeness (QED) is 0.822. The summed E-state index contributed by atoms with van der Waals surface area (Å²) in [5, 5.41) is 4.80. The molecule has 0 aliphatic heterocycles. The summed E-state index contributed by atoms with van der Waals surface area (Å²) < 4.78 is 0. The lowest BCUT2D eigenvalue weighted by Crippen LogP contribution is -2.33. The highest BCUT2D eigenvalue weighted by molar-refractivity contribution is 6.42. The monoisotopic (exact) mass is 259 g/mol. The van der Waals surface area contributed by atoms with Gasteiger partial charge in [0, 0.05) is 6.04 Å². The molecule has 0 bridgehead atoms. The second-order valence-corrected chi connectivity index (χ2v) is 4.79. The van der Waals surface area contributed by atoms with E-state index in [1.165, 1.54) is 0 Å². The van der Waals surface area contributed by atoms with E-state index in [2.05, 4.69) is 32.2 Å². The maximum Gasteiger partial charge on any atom is 0.0627 e. The SMILES string of the molecule is CCNC(CC)C(C)c1cccc(Cl)c1Cl. The largest absolute Gasteiger partial charge is 0.314 e. The number of hydrogen-bond acceptors (Lipinski definition) is 1. The molecule has 1 N–H and O–H groups in total. The molecular weight excluding hydrogens is 241 g/mol. The van der Waals surface area contributed by atoms with E-state index in [0.29, 0.717) is 22.0 Å². The van der Waals surface area contributed by atoms with Crippen molar-refractivity contribution in [2.75, 3.05) is 6.54 Å². The van der Waals surface area contributed by atoms with Gasteiger partial charge in [-0.1, -0.05) is 56.1 Å². The van der Waals surface area contributed by atoms with Crippen LogP contribution in [-0.4, -0.2) is 12.6 Å². The van der Waals surface area contributed by atoms with Gasteiger partial charge in [-0.15, -0.1) is 0 Å². The lowest BCUT2D eigenvalue weighted by atomic mass is 9.91. The van der Waals surface area contributed by atoms with Gasteiger partial charge in [0.25, 0.3) is 0 Å². The highest BCUT2D eigenvalue weighted by Gasteiger charge is 2.19. The van der Waals surface area contributed by atoms with E-state index in [9.17, 15) is 0 Å². The Labute approximate surface area is 108 Å². The molecule has 0 heterocycles. The van der Waals surface area contributed by atoms with Crippen molar-refractivity contribution in [1.82, 2.24) is 5.32 Å². The molecule has 0 aliphatic carbocycles. The van der Waals surface area contributed by atoms with Gasteiger partial charge < -0.3 is 5.32 Å². The first kappa shape index (κ1) is 13.8. The van der Waals surface area contributed by atoms with Crippen molar-refractivity contribution in [3.63, 3.8) is 0 Å². The Morgan fingerprint density at radius 3 is 2.50 bits per heavy atom. The molecule has 0 amide bonds. The average molecular weight is 260 g/mol. The third-order valence-corrected chi connectivity index (χ3v) is 3.82. The first-order chi connectivity index (χ1) is 7.61. The molecule has 1 aromatic carbocycles. The minimum absolute atomic E-state index is 0.371. The van der Waals surface area contributed by atoms with Gasteiger partial charge >= 0.3 is 0 Å². The first-order valence-corrected chi connectivity index (χ1v) is 6.54. The fourth-order valence-corrected chi connectivity index (χ4v) is 2.51. The number of benzene rings is 1. The van der Waals surface area contributed by atoms with Crippen LogP contribution < -0.4 is 5.32 Å². The molecule has 0 fully saturated rings. The molecule has 1 nitrogen and oxygen atoms in total. The molecule has 0 spiro atoms. The third-order valence-electron chi connectivity index (χ3n) is 2.98. The van der Waals surface area contributed by atoms with Crippen LogP contribution in [0.2, 0.25) is 10.0 Å². The van der Waals surface area contributed by atoms with E-state index in [-0.39, 0.29) is 0 Å². The van der Waals surface area contributed by atoms with Gasteiger partial charge in [0.1, 0.15) is 0 Å². The van der Waals surface area contributed by atoms with Crippen molar-refractivity contribution in [1.29, 1.82) is 0 Å². The summed E-state index contributed by atoms with van der Waals surface area (Å²) in [5.74, 6) is 0.371. The van der Waals surface area contributed by atoms with E-state index in [1.807, 2.05) is 12.1 Å². The molecule has 2 atom stereocenters. The second-order valence-electron chi connectivity index (χ2n) is 4.00. The number of hydrogen-bond donors (Lipinski definition) is 1. The van der Waals surface area contributed by atoms with Gasteiger partial charge in [0.15, 0.2) is 0 Å². The molecular formula is C13H19Cl2N. The molecule has 0 radical (unpaired) electrons. The van der Waals surface area contributed by atoms with Crippen molar-refractivity contribution in [2.45, 2.75) is 39.2 Å². The highest BCUT2D eigenvalue weighted by Crippen LogP contribution is 2.32. The Balaban J connectivity index is 2.94. The summed E-state index contributed by atoms with van der Waals surface area (Å²) in [6.07, 6.45) is 1.08. The van der Waals surface area contributed by atoms with Gasteiger partial charge in [-0.05, 0) is 30.5 Å². The predicted molar refractivity (Wildman–Crippen MR) is 72.6 cm³/mol. The molecule has 16 heavy (non-hydrogen) atoms. The fraction of sp³-hybridized carbons (Fsp3) is 0.538. The maximum atomic E-state index is 6.23. The Morgan fingerprint density at radius 1 is 1.25 bits per heavy atom. The first-order valence-electron chi connectivity index (χ1n) is 5.79. The Bertz CT molecular complexity index is 339. The summed E-state index contributed by atoms with van der Waals surface area (Å²) in [7, 11) is 0. The minimum atomic E-state index is 0.371. The van der Waals surface area contributed by atoms with Crippen molar-refractivity contribution < 1.29 is 0 Å². The number of nitrogens with one attached hydrogen (secondary N) is 1. The number of halogens is 2. The van der Waals surface area contributed by atoms with Gasteiger partial charge in [-0.25, -0.2) is 0 Å². The van der Waals surface area contributed by atoms with Crippen LogP contribution in [0.3, 0.4) is 0 Å².